The van der Waals surface area contributed by atoms with Crippen molar-refractivity contribution in [3.63, 3.8) is 0 Å². The van der Waals surface area contributed by atoms with Gasteiger partial charge in [-0.15, -0.1) is 0 Å². The molecule has 1 fully saturated rings. The molecule has 1 aliphatic rings. The van der Waals surface area contributed by atoms with Crippen LogP contribution < -0.4 is 15.6 Å². The van der Waals surface area contributed by atoms with Crippen molar-refractivity contribution in [3.05, 3.63) is 91.0 Å². The zero-order valence-corrected chi connectivity index (χ0v) is 17.1. The summed E-state index contributed by atoms with van der Waals surface area (Å²) in [7, 11) is -2.55. The lowest BCUT2D eigenvalue weighted by molar-refractivity contribution is 0.101. The molecule has 138 valence electrons. The van der Waals surface area contributed by atoms with Crippen molar-refractivity contribution in [2.24, 2.45) is 5.92 Å². The molecule has 2 heteroatoms. The van der Waals surface area contributed by atoms with Crippen LogP contribution in [0.25, 0.3) is 0 Å². The van der Waals surface area contributed by atoms with Crippen molar-refractivity contribution in [1.29, 1.82) is 0 Å². The summed E-state index contributed by atoms with van der Waals surface area (Å²) in [4.78, 5) is 0. The van der Waals surface area contributed by atoms with Crippen molar-refractivity contribution in [3.8, 4) is 0 Å². The van der Waals surface area contributed by atoms with Crippen LogP contribution in [-0.2, 0) is 4.43 Å². The molecule has 1 aliphatic carbocycles. The number of hydrogen-bond acceptors (Lipinski definition) is 1. The predicted molar refractivity (Wildman–Crippen MR) is 116 cm³/mol. The Bertz CT molecular complexity index is 735. The molecule has 3 aromatic carbocycles. The first-order chi connectivity index (χ1) is 13.3. The van der Waals surface area contributed by atoms with Gasteiger partial charge in [-0.25, -0.2) is 0 Å². The van der Waals surface area contributed by atoms with Gasteiger partial charge in [0.25, 0.3) is 8.32 Å². The molecule has 1 nitrogen and oxygen atoms in total. The van der Waals surface area contributed by atoms with Gasteiger partial charge in [0, 0.05) is 6.10 Å². The zero-order valence-electron chi connectivity index (χ0n) is 16.1. The van der Waals surface area contributed by atoms with Crippen LogP contribution in [-0.4, -0.2) is 14.4 Å². The summed E-state index contributed by atoms with van der Waals surface area (Å²) >= 11 is 0. The fraction of sp³-hybridized carbons (Fsp3) is 0.280. The highest BCUT2D eigenvalue weighted by atomic mass is 28.4. The summed E-state index contributed by atoms with van der Waals surface area (Å²) in [5, 5.41) is 4.00. The predicted octanol–water partition coefficient (Wildman–Crippen LogP) is 4.25. The third-order valence-corrected chi connectivity index (χ3v) is 10.00. The molecule has 1 saturated carbocycles. The fourth-order valence-electron chi connectivity index (χ4n) is 4.41. The van der Waals surface area contributed by atoms with Crippen LogP contribution in [0.4, 0.5) is 0 Å². The average molecular weight is 373 g/mol. The lowest BCUT2D eigenvalue weighted by Crippen LogP contribution is -2.70. The number of hydrogen-bond donors (Lipinski definition) is 0. The van der Waals surface area contributed by atoms with Crippen LogP contribution in [0.15, 0.2) is 91.0 Å². The Kier molecular flexibility index (Phi) is 5.56. The van der Waals surface area contributed by atoms with Gasteiger partial charge in [0.1, 0.15) is 0 Å². The standard InChI is InChI=1S/C25H28OSi/c1-21-13-11-12-20-25(21)26-27(22-14-5-2-6-15-22,23-16-7-3-8-17-23)24-18-9-4-10-19-24/h2-10,14-19,21,25H,11-13,20H2,1H3/t21-,25+/m1/s1. The van der Waals surface area contributed by atoms with Crippen LogP contribution >= 0.6 is 0 Å². The topological polar surface area (TPSA) is 9.23 Å². The van der Waals surface area contributed by atoms with E-state index < -0.39 is 8.32 Å². The maximum atomic E-state index is 7.29. The first kappa shape index (κ1) is 18.2. The second-order valence-electron chi connectivity index (χ2n) is 7.70. The molecule has 0 spiro atoms. The van der Waals surface area contributed by atoms with Gasteiger partial charge in [-0.1, -0.05) is 111 Å². The van der Waals surface area contributed by atoms with Gasteiger partial charge in [0.15, 0.2) is 0 Å². The SMILES string of the molecule is C[C@@H]1CCCC[C@@H]1O[Si](c1ccccc1)(c1ccccc1)c1ccccc1. The largest absolute Gasteiger partial charge is 0.401 e. The highest BCUT2D eigenvalue weighted by Gasteiger charge is 2.44. The molecule has 0 heterocycles. The molecule has 0 N–H and O–H groups in total. The van der Waals surface area contributed by atoms with Crippen molar-refractivity contribution >= 4 is 23.9 Å². The molecule has 27 heavy (non-hydrogen) atoms. The van der Waals surface area contributed by atoms with E-state index in [2.05, 4.69) is 97.9 Å². The molecule has 0 aliphatic heterocycles. The van der Waals surface area contributed by atoms with Crippen LogP contribution in [0.2, 0.25) is 0 Å². The maximum absolute atomic E-state index is 7.29. The summed E-state index contributed by atoms with van der Waals surface area (Å²) < 4.78 is 7.29. The quantitative estimate of drug-likeness (QED) is 0.481. The highest BCUT2D eigenvalue weighted by Crippen LogP contribution is 2.28. The molecule has 0 saturated heterocycles. The zero-order chi connectivity index (χ0) is 18.5. The van der Waals surface area contributed by atoms with E-state index in [0.29, 0.717) is 12.0 Å². The molecule has 3 aromatic rings. The number of rotatable bonds is 5. The van der Waals surface area contributed by atoms with Gasteiger partial charge < -0.3 is 4.43 Å². The Morgan fingerprint density at radius 2 is 1.04 bits per heavy atom. The summed E-state index contributed by atoms with van der Waals surface area (Å²) in [6, 6.07) is 32.8. The summed E-state index contributed by atoms with van der Waals surface area (Å²) in [5.41, 5.74) is 0. The second kappa shape index (κ2) is 8.24. The summed E-state index contributed by atoms with van der Waals surface area (Å²) in [6.45, 7) is 2.37. The van der Waals surface area contributed by atoms with Gasteiger partial charge in [-0.2, -0.15) is 0 Å². The van der Waals surface area contributed by atoms with E-state index in [1.807, 2.05) is 0 Å². The Morgan fingerprint density at radius 1 is 0.630 bits per heavy atom. The van der Waals surface area contributed by atoms with E-state index >= 15 is 0 Å². The van der Waals surface area contributed by atoms with Gasteiger partial charge in [-0.3, -0.25) is 0 Å². The van der Waals surface area contributed by atoms with Crippen molar-refractivity contribution in [1.82, 2.24) is 0 Å². The normalized spacial score (nSPS) is 20.3. The first-order valence-electron chi connectivity index (χ1n) is 10.1. The Labute approximate surface area is 164 Å². The fourth-order valence-corrected chi connectivity index (χ4v) is 8.61. The molecule has 0 bridgehead atoms. The van der Waals surface area contributed by atoms with E-state index in [4.69, 9.17) is 4.43 Å². The Morgan fingerprint density at radius 3 is 1.44 bits per heavy atom. The molecule has 0 aromatic heterocycles. The van der Waals surface area contributed by atoms with Crippen LogP contribution in [0.5, 0.6) is 0 Å². The van der Waals surface area contributed by atoms with E-state index in [0.717, 1.165) is 0 Å². The lowest BCUT2D eigenvalue weighted by atomic mass is 9.88. The summed E-state index contributed by atoms with van der Waals surface area (Å²) in [5.74, 6) is 0.613. The minimum Gasteiger partial charge on any atom is -0.401 e. The average Bonchev–Trinajstić information content (AvgIpc) is 2.75. The first-order valence-corrected chi connectivity index (χ1v) is 12.1. The maximum Gasteiger partial charge on any atom is 0.288 e. The van der Waals surface area contributed by atoms with Crippen molar-refractivity contribution in [2.45, 2.75) is 38.7 Å². The molecule has 0 unspecified atom stereocenters. The highest BCUT2D eigenvalue weighted by molar-refractivity contribution is 7.07. The van der Waals surface area contributed by atoms with E-state index in [1.165, 1.54) is 41.2 Å². The smallest absolute Gasteiger partial charge is 0.288 e. The third kappa shape index (κ3) is 3.65. The minimum absolute atomic E-state index is 0.325. The molecule has 4 rings (SSSR count). The lowest BCUT2D eigenvalue weighted by Gasteiger charge is -2.40. The molecule has 0 amide bonds. The van der Waals surface area contributed by atoms with Crippen molar-refractivity contribution < 1.29 is 4.43 Å². The Balaban J connectivity index is 1.91. The minimum atomic E-state index is -2.55. The summed E-state index contributed by atoms with van der Waals surface area (Å²) in [6.07, 6.45) is 5.37. The van der Waals surface area contributed by atoms with E-state index in [9.17, 15) is 0 Å². The second-order valence-corrected chi connectivity index (χ2v) is 11.0. The van der Waals surface area contributed by atoms with Gasteiger partial charge in [-0.05, 0) is 34.3 Å². The third-order valence-electron chi connectivity index (χ3n) is 5.90. The van der Waals surface area contributed by atoms with Gasteiger partial charge in [0.05, 0.1) is 0 Å². The molecular weight excluding hydrogens is 344 g/mol. The van der Waals surface area contributed by atoms with Gasteiger partial charge >= 0.3 is 0 Å². The number of benzene rings is 3. The molecule has 0 radical (unpaired) electrons. The van der Waals surface area contributed by atoms with Crippen LogP contribution in [0, 0.1) is 5.92 Å². The monoisotopic (exact) mass is 372 g/mol. The van der Waals surface area contributed by atoms with E-state index in [1.54, 1.807) is 0 Å². The van der Waals surface area contributed by atoms with Crippen molar-refractivity contribution in [2.75, 3.05) is 0 Å². The molecule has 2 atom stereocenters. The Hall–Kier alpha value is -2.16. The molecular formula is C25H28OSi. The van der Waals surface area contributed by atoms with Crippen LogP contribution in [0.1, 0.15) is 32.6 Å². The van der Waals surface area contributed by atoms with E-state index in [-0.39, 0.29) is 0 Å². The van der Waals surface area contributed by atoms with Crippen LogP contribution in [0.3, 0.4) is 0 Å². The van der Waals surface area contributed by atoms with Gasteiger partial charge in [0.2, 0.25) is 0 Å².